The summed E-state index contributed by atoms with van der Waals surface area (Å²) in [4.78, 5) is 40.5. The molecule has 8 nitrogen and oxygen atoms in total. The number of fused-ring (bicyclic) bond motifs is 1. The first kappa shape index (κ1) is 20.0. The van der Waals surface area contributed by atoms with Gasteiger partial charge in [-0.15, -0.1) is 0 Å². The van der Waals surface area contributed by atoms with Crippen molar-refractivity contribution in [3.8, 4) is 11.5 Å². The molecule has 0 radical (unpaired) electrons. The molecule has 1 saturated heterocycles. The molecule has 2 aromatic carbocycles. The van der Waals surface area contributed by atoms with Crippen LogP contribution in [0.25, 0.3) is 0 Å². The third-order valence-corrected chi connectivity index (χ3v) is 5.36. The molecule has 156 valence electrons. The largest absolute Gasteiger partial charge is 0.454 e. The van der Waals surface area contributed by atoms with E-state index in [1.54, 1.807) is 49.3 Å². The van der Waals surface area contributed by atoms with E-state index in [2.05, 4.69) is 5.32 Å². The van der Waals surface area contributed by atoms with Gasteiger partial charge in [-0.2, -0.15) is 0 Å². The monoisotopic (exact) mass is 429 g/mol. The van der Waals surface area contributed by atoms with Crippen LogP contribution in [-0.2, 0) is 9.59 Å². The summed E-state index contributed by atoms with van der Waals surface area (Å²) >= 11 is 6.11. The number of nitrogens with one attached hydrogen (secondary N) is 1. The topological polar surface area (TPSA) is 88.2 Å². The normalized spacial score (nSPS) is 17.2. The van der Waals surface area contributed by atoms with E-state index in [1.807, 2.05) is 0 Å². The number of ether oxygens (including phenoxy) is 2. The minimum atomic E-state index is -0.522. The van der Waals surface area contributed by atoms with Crippen molar-refractivity contribution >= 4 is 40.7 Å². The zero-order valence-electron chi connectivity index (χ0n) is 16.5. The Bertz CT molecular complexity index is 1040. The van der Waals surface area contributed by atoms with Crippen LogP contribution in [0.4, 0.5) is 11.4 Å². The number of hydrogen-bond donors (Lipinski definition) is 1. The van der Waals surface area contributed by atoms with Crippen molar-refractivity contribution in [2.75, 3.05) is 37.6 Å². The van der Waals surface area contributed by atoms with Gasteiger partial charge in [0.1, 0.15) is 0 Å². The summed E-state index contributed by atoms with van der Waals surface area (Å²) in [7, 11) is 3.25. The molecule has 30 heavy (non-hydrogen) atoms. The molecule has 2 aliphatic rings. The molecule has 3 amide bonds. The first-order chi connectivity index (χ1) is 14.3. The number of carbonyl (C=O) groups excluding carboxylic acids is 3. The number of halogens is 1. The van der Waals surface area contributed by atoms with Gasteiger partial charge < -0.3 is 24.6 Å². The minimum Gasteiger partial charge on any atom is -0.454 e. The molecule has 2 heterocycles. The van der Waals surface area contributed by atoms with E-state index in [0.29, 0.717) is 33.5 Å². The first-order valence-corrected chi connectivity index (χ1v) is 9.73. The van der Waals surface area contributed by atoms with Crippen LogP contribution in [0, 0.1) is 5.92 Å². The molecule has 4 rings (SSSR count). The van der Waals surface area contributed by atoms with E-state index in [1.165, 1.54) is 11.0 Å². The molecular formula is C21H20ClN3O5. The molecule has 0 aliphatic carbocycles. The lowest BCUT2D eigenvalue weighted by Gasteiger charge is -2.17. The van der Waals surface area contributed by atoms with Gasteiger partial charge >= 0.3 is 0 Å². The van der Waals surface area contributed by atoms with Gasteiger partial charge in [0.15, 0.2) is 11.5 Å². The van der Waals surface area contributed by atoms with Crippen molar-refractivity contribution in [1.29, 1.82) is 0 Å². The highest BCUT2D eigenvalue weighted by atomic mass is 35.5. The molecule has 9 heteroatoms. The van der Waals surface area contributed by atoms with E-state index in [0.717, 1.165) is 0 Å². The van der Waals surface area contributed by atoms with Gasteiger partial charge in [-0.05, 0) is 30.3 Å². The zero-order chi connectivity index (χ0) is 21.4. The van der Waals surface area contributed by atoms with E-state index in [9.17, 15) is 14.4 Å². The van der Waals surface area contributed by atoms with Gasteiger partial charge in [0.25, 0.3) is 5.91 Å². The second-order valence-electron chi connectivity index (χ2n) is 7.33. The van der Waals surface area contributed by atoms with E-state index < -0.39 is 5.92 Å². The summed E-state index contributed by atoms with van der Waals surface area (Å²) in [5.74, 6) is -0.0172. The minimum absolute atomic E-state index is 0.0946. The second-order valence-corrected chi connectivity index (χ2v) is 7.73. The standard InChI is InChI=1S/C21H20ClN3O5/c1-24(2)21(28)15-8-13(3-5-16(15)22)23-20(27)12-7-19(26)25(10-12)14-4-6-17-18(9-14)30-11-29-17/h3-6,8-9,12H,7,10-11H2,1-2H3,(H,23,27). The van der Waals surface area contributed by atoms with Crippen molar-refractivity contribution in [2.24, 2.45) is 5.92 Å². The van der Waals surface area contributed by atoms with Crippen LogP contribution in [0.3, 0.4) is 0 Å². The highest BCUT2D eigenvalue weighted by Crippen LogP contribution is 2.37. The van der Waals surface area contributed by atoms with E-state index >= 15 is 0 Å². The van der Waals surface area contributed by atoms with Gasteiger partial charge in [0.2, 0.25) is 18.6 Å². The molecule has 0 bridgehead atoms. The Kier molecular flexibility index (Phi) is 5.26. The molecule has 2 aromatic rings. The van der Waals surface area contributed by atoms with Crippen LogP contribution in [0.2, 0.25) is 5.02 Å². The average Bonchev–Trinajstić information content (AvgIpc) is 3.34. The Morgan fingerprint density at radius 1 is 1.13 bits per heavy atom. The number of nitrogens with zero attached hydrogens (tertiary/aromatic N) is 2. The summed E-state index contributed by atoms with van der Waals surface area (Å²) in [5.41, 5.74) is 1.40. The third kappa shape index (κ3) is 3.78. The highest BCUT2D eigenvalue weighted by molar-refractivity contribution is 6.34. The molecule has 0 spiro atoms. The van der Waals surface area contributed by atoms with E-state index in [-0.39, 0.29) is 37.5 Å². The second kappa shape index (κ2) is 7.87. The fourth-order valence-corrected chi connectivity index (χ4v) is 3.64. The average molecular weight is 430 g/mol. The Morgan fingerprint density at radius 2 is 1.90 bits per heavy atom. The van der Waals surface area contributed by atoms with Crippen LogP contribution in [0.1, 0.15) is 16.8 Å². The lowest BCUT2D eigenvalue weighted by atomic mass is 10.1. The van der Waals surface area contributed by atoms with E-state index in [4.69, 9.17) is 21.1 Å². The van der Waals surface area contributed by atoms with Crippen LogP contribution >= 0.6 is 11.6 Å². The Morgan fingerprint density at radius 3 is 2.67 bits per heavy atom. The number of benzene rings is 2. The summed E-state index contributed by atoms with van der Waals surface area (Å²) in [6.45, 7) is 0.401. The van der Waals surface area contributed by atoms with Gasteiger partial charge in [-0.25, -0.2) is 0 Å². The van der Waals surface area contributed by atoms with Crippen molar-refractivity contribution in [3.63, 3.8) is 0 Å². The van der Waals surface area contributed by atoms with Gasteiger partial charge in [0, 0.05) is 44.5 Å². The van der Waals surface area contributed by atoms with Gasteiger partial charge in [-0.1, -0.05) is 11.6 Å². The maximum absolute atomic E-state index is 12.8. The zero-order valence-corrected chi connectivity index (χ0v) is 17.2. The third-order valence-electron chi connectivity index (χ3n) is 5.03. The molecular weight excluding hydrogens is 410 g/mol. The molecule has 1 N–H and O–H groups in total. The molecule has 1 unspecified atom stereocenters. The summed E-state index contributed by atoms with van der Waals surface area (Å²) < 4.78 is 10.7. The number of carbonyl (C=O) groups is 3. The van der Waals surface area contributed by atoms with Crippen LogP contribution in [-0.4, -0.2) is 50.1 Å². The Labute approximate surface area is 178 Å². The lowest BCUT2D eigenvalue weighted by molar-refractivity contribution is -0.122. The summed E-state index contributed by atoms with van der Waals surface area (Å²) in [6, 6.07) is 9.97. The molecule has 0 saturated carbocycles. The first-order valence-electron chi connectivity index (χ1n) is 9.35. The van der Waals surface area contributed by atoms with Gasteiger partial charge in [0.05, 0.1) is 16.5 Å². The maximum Gasteiger partial charge on any atom is 0.254 e. The summed E-state index contributed by atoms with van der Waals surface area (Å²) in [6.07, 6.45) is 0.0946. The highest BCUT2D eigenvalue weighted by Gasteiger charge is 2.36. The number of rotatable bonds is 4. The quantitative estimate of drug-likeness (QED) is 0.807. The fraction of sp³-hybridized carbons (Fsp3) is 0.286. The number of anilines is 2. The number of amides is 3. The molecule has 1 atom stereocenters. The van der Waals surface area contributed by atoms with Crippen LogP contribution < -0.4 is 19.7 Å². The Balaban J connectivity index is 1.47. The smallest absolute Gasteiger partial charge is 0.254 e. The van der Waals surface area contributed by atoms with Crippen LogP contribution in [0.5, 0.6) is 11.5 Å². The van der Waals surface area contributed by atoms with Crippen molar-refractivity contribution in [1.82, 2.24) is 4.90 Å². The SMILES string of the molecule is CN(C)C(=O)c1cc(NC(=O)C2CC(=O)N(c3ccc4c(c3)OCO4)C2)ccc1Cl. The fourth-order valence-electron chi connectivity index (χ4n) is 3.44. The van der Waals surface area contributed by atoms with Crippen molar-refractivity contribution in [3.05, 3.63) is 47.0 Å². The lowest BCUT2D eigenvalue weighted by Crippen LogP contribution is -2.28. The Hall–Kier alpha value is -3.26. The maximum atomic E-state index is 12.8. The molecule has 2 aliphatic heterocycles. The molecule has 1 fully saturated rings. The predicted molar refractivity (Wildman–Crippen MR) is 111 cm³/mol. The predicted octanol–water partition coefficient (Wildman–Crippen LogP) is 2.76. The summed E-state index contributed by atoms with van der Waals surface area (Å²) in [5, 5.41) is 3.09. The number of hydrogen-bond acceptors (Lipinski definition) is 5. The van der Waals surface area contributed by atoms with Crippen LogP contribution in [0.15, 0.2) is 36.4 Å². The van der Waals surface area contributed by atoms with Crippen molar-refractivity contribution in [2.45, 2.75) is 6.42 Å². The van der Waals surface area contributed by atoms with Crippen molar-refractivity contribution < 1.29 is 23.9 Å². The van der Waals surface area contributed by atoms with Gasteiger partial charge in [-0.3, -0.25) is 14.4 Å². The molecule has 0 aromatic heterocycles.